The zero-order chi connectivity index (χ0) is 20.8. The number of hydrogen-bond acceptors (Lipinski definition) is 6. The van der Waals surface area contributed by atoms with Crippen molar-refractivity contribution in [3.05, 3.63) is 60.2 Å². The van der Waals surface area contributed by atoms with Gasteiger partial charge in [0.25, 0.3) is 0 Å². The first-order chi connectivity index (χ1) is 14.7. The monoisotopic (exact) mass is 405 g/mol. The lowest BCUT2D eigenvalue weighted by Gasteiger charge is -2.29. The number of pyridine rings is 1. The predicted molar refractivity (Wildman–Crippen MR) is 115 cm³/mol. The number of carbonyl (C=O) groups excluding carboxylic acids is 1. The van der Waals surface area contributed by atoms with Crippen molar-refractivity contribution in [2.75, 3.05) is 25.0 Å². The molecule has 0 unspecified atom stereocenters. The summed E-state index contributed by atoms with van der Waals surface area (Å²) in [5, 5.41) is 3.98. The van der Waals surface area contributed by atoms with Crippen LogP contribution in [0.15, 0.2) is 53.3 Å². The van der Waals surface area contributed by atoms with Crippen LogP contribution >= 0.6 is 0 Å². The van der Waals surface area contributed by atoms with Gasteiger partial charge in [-0.15, -0.1) is 0 Å². The maximum atomic E-state index is 12.5. The first-order valence-electron chi connectivity index (χ1n) is 10.5. The van der Waals surface area contributed by atoms with Gasteiger partial charge in [0.15, 0.2) is 0 Å². The molecule has 0 atom stereocenters. The number of aryl methyl sites for hydroxylation is 1. The number of benzene rings is 1. The first-order valence-corrected chi connectivity index (χ1v) is 10.5. The predicted octanol–water partition coefficient (Wildman–Crippen LogP) is 3.71. The SMILES string of the molecule is CN(Cc1ccc(N2CCCCC2)cc1)C(=O)CCc1nc(-c2ccncc2)no1. The van der Waals surface area contributed by atoms with Gasteiger partial charge >= 0.3 is 0 Å². The molecule has 156 valence electrons. The Balaban J connectivity index is 1.27. The minimum Gasteiger partial charge on any atom is -0.372 e. The second-order valence-corrected chi connectivity index (χ2v) is 7.71. The van der Waals surface area contributed by atoms with Gasteiger partial charge in [-0.05, 0) is 49.1 Å². The topological polar surface area (TPSA) is 75.4 Å². The van der Waals surface area contributed by atoms with Gasteiger partial charge in [-0.25, -0.2) is 0 Å². The molecule has 7 heteroatoms. The zero-order valence-electron chi connectivity index (χ0n) is 17.3. The van der Waals surface area contributed by atoms with Crippen LogP contribution in [-0.2, 0) is 17.8 Å². The Morgan fingerprint density at radius 2 is 1.80 bits per heavy atom. The van der Waals surface area contributed by atoms with E-state index >= 15 is 0 Å². The Morgan fingerprint density at radius 1 is 1.07 bits per heavy atom. The van der Waals surface area contributed by atoms with E-state index in [1.807, 2.05) is 19.2 Å². The molecule has 0 bridgehead atoms. The molecule has 1 aliphatic rings. The van der Waals surface area contributed by atoms with E-state index in [1.165, 1.54) is 24.9 Å². The molecule has 4 rings (SSSR count). The average molecular weight is 406 g/mol. The van der Waals surface area contributed by atoms with E-state index in [1.54, 1.807) is 17.3 Å². The Morgan fingerprint density at radius 3 is 2.53 bits per heavy atom. The molecule has 0 spiro atoms. The van der Waals surface area contributed by atoms with Gasteiger partial charge in [0.2, 0.25) is 17.6 Å². The van der Waals surface area contributed by atoms with Crippen LogP contribution in [0, 0.1) is 0 Å². The van der Waals surface area contributed by atoms with Crippen LogP contribution in [-0.4, -0.2) is 46.1 Å². The van der Waals surface area contributed by atoms with Gasteiger partial charge in [0.1, 0.15) is 0 Å². The summed E-state index contributed by atoms with van der Waals surface area (Å²) in [6, 6.07) is 12.2. The molecule has 3 aromatic rings. The molecule has 7 nitrogen and oxygen atoms in total. The minimum absolute atomic E-state index is 0.0544. The number of nitrogens with zero attached hydrogens (tertiary/aromatic N) is 5. The molecule has 1 amide bonds. The third kappa shape index (κ3) is 5.03. The fourth-order valence-electron chi connectivity index (χ4n) is 3.71. The van der Waals surface area contributed by atoms with Crippen LogP contribution in [0.5, 0.6) is 0 Å². The Bertz CT molecular complexity index is 949. The summed E-state index contributed by atoms with van der Waals surface area (Å²) in [6.07, 6.45) is 7.99. The molecule has 1 fully saturated rings. The van der Waals surface area contributed by atoms with Crippen molar-refractivity contribution in [3.63, 3.8) is 0 Å². The molecule has 3 heterocycles. The Hall–Kier alpha value is -3.22. The highest BCUT2D eigenvalue weighted by molar-refractivity contribution is 5.76. The molecule has 1 aromatic carbocycles. The summed E-state index contributed by atoms with van der Waals surface area (Å²) in [7, 11) is 1.83. The summed E-state index contributed by atoms with van der Waals surface area (Å²) in [4.78, 5) is 25.1. The maximum absolute atomic E-state index is 12.5. The van der Waals surface area contributed by atoms with E-state index < -0.39 is 0 Å². The summed E-state index contributed by atoms with van der Waals surface area (Å²) >= 11 is 0. The van der Waals surface area contributed by atoms with E-state index in [0.29, 0.717) is 31.1 Å². The second kappa shape index (κ2) is 9.52. The standard InChI is InChI=1S/C23H27N5O2/c1-27(17-18-5-7-20(8-6-18)28-15-3-2-4-16-28)22(29)10-9-21-25-23(26-30-21)19-11-13-24-14-12-19/h5-8,11-14H,2-4,9-10,15-17H2,1H3. The highest BCUT2D eigenvalue weighted by Crippen LogP contribution is 2.21. The lowest BCUT2D eigenvalue weighted by molar-refractivity contribution is -0.130. The van der Waals surface area contributed by atoms with Crippen LogP contribution in [0.3, 0.4) is 0 Å². The molecule has 0 aliphatic carbocycles. The Labute approximate surface area is 176 Å². The summed E-state index contributed by atoms with van der Waals surface area (Å²) in [5.74, 6) is 1.04. The normalized spacial score (nSPS) is 14.0. The van der Waals surface area contributed by atoms with Crippen LogP contribution in [0.25, 0.3) is 11.4 Å². The van der Waals surface area contributed by atoms with Crippen LogP contribution in [0.1, 0.15) is 37.1 Å². The molecule has 2 aromatic heterocycles. The number of anilines is 1. The smallest absolute Gasteiger partial charge is 0.227 e. The van der Waals surface area contributed by atoms with E-state index in [4.69, 9.17) is 4.52 Å². The molecular formula is C23H27N5O2. The van der Waals surface area contributed by atoms with Crippen LogP contribution < -0.4 is 4.90 Å². The van der Waals surface area contributed by atoms with Crippen molar-refractivity contribution < 1.29 is 9.32 Å². The van der Waals surface area contributed by atoms with Crippen molar-refractivity contribution in [3.8, 4) is 11.4 Å². The van der Waals surface area contributed by atoms with Gasteiger partial charge in [-0.3, -0.25) is 9.78 Å². The van der Waals surface area contributed by atoms with Crippen molar-refractivity contribution in [1.29, 1.82) is 0 Å². The van der Waals surface area contributed by atoms with Crippen molar-refractivity contribution in [1.82, 2.24) is 20.0 Å². The van der Waals surface area contributed by atoms with Gasteiger partial charge in [0.05, 0.1) is 0 Å². The summed E-state index contributed by atoms with van der Waals surface area (Å²) < 4.78 is 5.28. The molecule has 1 saturated heterocycles. The van der Waals surface area contributed by atoms with Crippen LogP contribution in [0.4, 0.5) is 5.69 Å². The molecule has 0 radical (unpaired) electrons. The number of carbonyl (C=O) groups is 1. The van der Waals surface area contributed by atoms with Gasteiger partial charge < -0.3 is 14.3 Å². The summed E-state index contributed by atoms with van der Waals surface area (Å²) in [6.45, 7) is 2.86. The summed E-state index contributed by atoms with van der Waals surface area (Å²) in [5.41, 5.74) is 3.25. The molecule has 1 aliphatic heterocycles. The molecule has 0 saturated carbocycles. The van der Waals surface area contributed by atoms with Crippen molar-refractivity contribution in [2.45, 2.75) is 38.6 Å². The fraction of sp³-hybridized carbons (Fsp3) is 0.391. The highest BCUT2D eigenvalue weighted by atomic mass is 16.5. The number of piperidine rings is 1. The third-order valence-electron chi connectivity index (χ3n) is 5.46. The van der Waals surface area contributed by atoms with Gasteiger partial charge in [0, 0.05) is 63.2 Å². The molecule has 30 heavy (non-hydrogen) atoms. The van der Waals surface area contributed by atoms with Gasteiger partial charge in [-0.2, -0.15) is 4.98 Å². The van der Waals surface area contributed by atoms with E-state index in [2.05, 4.69) is 44.3 Å². The van der Waals surface area contributed by atoms with Crippen molar-refractivity contribution in [2.24, 2.45) is 0 Å². The average Bonchev–Trinajstić information content (AvgIpc) is 3.28. The van der Waals surface area contributed by atoms with E-state index in [0.717, 1.165) is 24.2 Å². The number of hydrogen-bond donors (Lipinski definition) is 0. The lowest BCUT2D eigenvalue weighted by Crippen LogP contribution is -2.29. The second-order valence-electron chi connectivity index (χ2n) is 7.71. The quantitative estimate of drug-likeness (QED) is 0.596. The Kier molecular flexibility index (Phi) is 6.37. The van der Waals surface area contributed by atoms with Crippen LogP contribution in [0.2, 0.25) is 0 Å². The highest BCUT2D eigenvalue weighted by Gasteiger charge is 2.15. The molecule has 0 N–H and O–H groups in total. The number of aromatic nitrogens is 3. The minimum atomic E-state index is 0.0544. The molecular weight excluding hydrogens is 378 g/mol. The van der Waals surface area contributed by atoms with E-state index in [-0.39, 0.29) is 5.91 Å². The van der Waals surface area contributed by atoms with Crippen molar-refractivity contribution >= 4 is 11.6 Å². The largest absolute Gasteiger partial charge is 0.372 e. The van der Waals surface area contributed by atoms with Gasteiger partial charge in [-0.1, -0.05) is 17.3 Å². The number of rotatable bonds is 7. The number of amides is 1. The zero-order valence-corrected chi connectivity index (χ0v) is 17.3. The lowest BCUT2D eigenvalue weighted by atomic mass is 10.1. The van der Waals surface area contributed by atoms with E-state index in [9.17, 15) is 4.79 Å². The maximum Gasteiger partial charge on any atom is 0.227 e. The third-order valence-corrected chi connectivity index (χ3v) is 5.46. The fourth-order valence-corrected chi connectivity index (χ4v) is 3.71. The first kappa shape index (κ1) is 20.1.